The highest BCUT2D eigenvalue weighted by Crippen LogP contribution is 2.11. The van der Waals surface area contributed by atoms with Crippen LogP contribution in [0.5, 0.6) is 0 Å². The lowest BCUT2D eigenvalue weighted by Gasteiger charge is -2.27. The highest BCUT2D eigenvalue weighted by atomic mass is 16.2. The van der Waals surface area contributed by atoms with E-state index in [0.29, 0.717) is 0 Å². The van der Waals surface area contributed by atoms with Crippen LogP contribution in [0.1, 0.15) is 17.3 Å². The number of nitrogens with one attached hydrogen (secondary N) is 1. The monoisotopic (exact) mass is 202 g/mol. The molecule has 1 N–H and O–H groups in total. The van der Waals surface area contributed by atoms with Crippen LogP contribution in [0.25, 0.3) is 0 Å². The molecule has 1 aliphatic rings. The van der Waals surface area contributed by atoms with Gasteiger partial charge in [-0.05, 0) is 19.1 Å². The number of amides is 1. The number of nitrogens with zero attached hydrogens (tertiary/aromatic N) is 1. The van der Waals surface area contributed by atoms with E-state index in [9.17, 15) is 4.79 Å². The third-order valence-corrected chi connectivity index (χ3v) is 2.48. The van der Waals surface area contributed by atoms with Crippen molar-refractivity contribution in [2.24, 2.45) is 0 Å². The van der Waals surface area contributed by atoms with Gasteiger partial charge in [-0.2, -0.15) is 0 Å². The lowest BCUT2D eigenvalue weighted by atomic mass is 10.2. The highest BCUT2D eigenvalue weighted by molar-refractivity contribution is 5.95. The maximum absolute atomic E-state index is 12.1. The van der Waals surface area contributed by atoms with Gasteiger partial charge in [0.05, 0.1) is 0 Å². The number of carbonyl (C=O) groups is 1. The molecule has 0 unspecified atom stereocenters. The second kappa shape index (κ2) is 4.17. The number of hydrogen-bond acceptors (Lipinski definition) is 2. The number of allylic oxidation sites excluding steroid dienone is 1. The minimum atomic E-state index is 0.0749. The number of hydrogen-bond donors (Lipinski definition) is 1. The third kappa shape index (κ3) is 2.01. The molecule has 0 radical (unpaired) electrons. The van der Waals surface area contributed by atoms with Crippen molar-refractivity contribution >= 4 is 5.91 Å². The summed E-state index contributed by atoms with van der Waals surface area (Å²) in [6.45, 7) is 3.49. The van der Waals surface area contributed by atoms with Crippen LogP contribution in [0.4, 0.5) is 0 Å². The molecular weight excluding hydrogens is 188 g/mol. The van der Waals surface area contributed by atoms with Crippen molar-refractivity contribution in [1.82, 2.24) is 10.2 Å². The zero-order valence-corrected chi connectivity index (χ0v) is 8.73. The van der Waals surface area contributed by atoms with Crippen molar-refractivity contribution in [3.63, 3.8) is 0 Å². The summed E-state index contributed by atoms with van der Waals surface area (Å²) in [5.41, 5.74) is 1.71. The molecule has 1 heterocycles. The van der Waals surface area contributed by atoms with Crippen molar-refractivity contribution < 1.29 is 4.79 Å². The number of benzene rings is 1. The Bertz CT molecular complexity index is 384. The van der Waals surface area contributed by atoms with Gasteiger partial charge in [-0.3, -0.25) is 4.79 Å². The van der Waals surface area contributed by atoms with E-state index in [1.54, 1.807) is 4.90 Å². The summed E-state index contributed by atoms with van der Waals surface area (Å²) >= 11 is 0. The van der Waals surface area contributed by atoms with Gasteiger partial charge in [0.2, 0.25) is 0 Å². The van der Waals surface area contributed by atoms with Gasteiger partial charge in [0, 0.05) is 30.5 Å². The van der Waals surface area contributed by atoms with Gasteiger partial charge in [0.1, 0.15) is 0 Å². The minimum Gasteiger partial charge on any atom is -0.388 e. The number of rotatable bonds is 1. The summed E-state index contributed by atoms with van der Waals surface area (Å²) in [7, 11) is 0. The fourth-order valence-corrected chi connectivity index (χ4v) is 1.65. The molecule has 3 nitrogen and oxygen atoms in total. The molecule has 1 aromatic carbocycles. The first-order valence-corrected chi connectivity index (χ1v) is 5.06. The Morgan fingerprint density at radius 2 is 2.07 bits per heavy atom. The average Bonchev–Trinajstić information content (AvgIpc) is 2.30. The Kier molecular flexibility index (Phi) is 2.72. The van der Waals surface area contributed by atoms with Gasteiger partial charge < -0.3 is 10.2 Å². The lowest BCUT2D eigenvalue weighted by molar-refractivity contribution is 0.0800. The van der Waals surface area contributed by atoms with E-state index in [4.69, 9.17) is 0 Å². The van der Waals surface area contributed by atoms with Crippen LogP contribution in [-0.4, -0.2) is 23.9 Å². The van der Waals surface area contributed by atoms with Gasteiger partial charge in [-0.15, -0.1) is 0 Å². The summed E-state index contributed by atoms with van der Waals surface area (Å²) in [5.74, 6) is 0.0749. The van der Waals surface area contributed by atoms with Gasteiger partial charge in [0.15, 0.2) is 0 Å². The summed E-state index contributed by atoms with van der Waals surface area (Å²) in [4.78, 5) is 13.9. The van der Waals surface area contributed by atoms with Gasteiger partial charge in [-0.1, -0.05) is 18.2 Å². The molecule has 0 saturated carbocycles. The van der Waals surface area contributed by atoms with Crippen LogP contribution >= 0.6 is 0 Å². The van der Waals surface area contributed by atoms with Crippen molar-refractivity contribution in [2.45, 2.75) is 6.92 Å². The van der Waals surface area contributed by atoms with Crippen LogP contribution < -0.4 is 5.32 Å². The average molecular weight is 202 g/mol. The van der Waals surface area contributed by atoms with Crippen molar-refractivity contribution in [1.29, 1.82) is 0 Å². The molecule has 0 spiro atoms. The number of carbonyl (C=O) groups excluding carboxylic acids is 1. The standard InChI is InChI=1S/C12H14N2O/c1-10-9-13-7-8-14(10)12(15)11-5-3-2-4-6-11/h2-6,9,13H,7-8H2,1H3. The maximum Gasteiger partial charge on any atom is 0.258 e. The van der Waals surface area contributed by atoms with Crippen LogP contribution in [0, 0.1) is 0 Å². The second-order valence-electron chi connectivity index (χ2n) is 3.56. The molecule has 1 aliphatic heterocycles. The molecule has 2 rings (SSSR count). The van der Waals surface area contributed by atoms with E-state index in [-0.39, 0.29) is 5.91 Å². The molecule has 0 atom stereocenters. The fourth-order valence-electron chi connectivity index (χ4n) is 1.65. The maximum atomic E-state index is 12.1. The Morgan fingerprint density at radius 1 is 1.33 bits per heavy atom. The summed E-state index contributed by atoms with van der Waals surface area (Å²) in [5, 5.41) is 3.11. The van der Waals surface area contributed by atoms with Crippen molar-refractivity contribution in [3.8, 4) is 0 Å². The molecule has 0 aliphatic carbocycles. The quantitative estimate of drug-likeness (QED) is 0.750. The predicted molar refractivity (Wildman–Crippen MR) is 59.2 cm³/mol. The van der Waals surface area contributed by atoms with Crippen LogP contribution in [0.15, 0.2) is 42.2 Å². The van der Waals surface area contributed by atoms with Gasteiger partial charge in [0.25, 0.3) is 5.91 Å². The topological polar surface area (TPSA) is 32.3 Å². The molecule has 78 valence electrons. The van der Waals surface area contributed by atoms with E-state index in [1.165, 1.54) is 0 Å². The van der Waals surface area contributed by atoms with Crippen LogP contribution in [-0.2, 0) is 0 Å². The molecule has 3 heteroatoms. The molecule has 0 aromatic heterocycles. The molecule has 1 amide bonds. The SMILES string of the molecule is CC1=CNCCN1C(=O)c1ccccc1. The first kappa shape index (κ1) is 9.77. The zero-order chi connectivity index (χ0) is 10.7. The van der Waals surface area contributed by atoms with Crippen LogP contribution in [0.3, 0.4) is 0 Å². The van der Waals surface area contributed by atoms with Crippen molar-refractivity contribution in [3.05, 3.63) is 47.8 Å². The van der Waals surface area contributed by atoms with E-state index >= 15 is 0 Å². The van der Waals surface area contributed by atoms with Gasteiger partial charge >= 0.3 is 0 Å². The van der Waals surface area contributed by atoms with E-state index in [2.05, 4.69) is 5.32 Å². The molecule has 0 saturated heterocycles. The highest BCUT2D eigenvalue weighted by Gasteiger charge is 2.18. The van der Waals surface area contributed by atoms with Crippen molar-refractivity contribution in [2.75, 3.05) is 13.1 Å². The van der Waals surface area contributed by atoms with E-state index < -0.39 is 0 Å². The summed E-state index contributed by atoms with van der Waals surface area (Å²) < 4.78 is 0. The van der Waals surface area contributed by atoms with Gasteiger partial charge in [-0.25, -0.2) is 0 Å². The Balaban J connectivity index is 2.21. The first-order chi connectivity index (χ1) is 7.29. The smallest absolute Gasteiger partial charge is 0.258 e. The largest absolute Gasteiger partial charge is 0.388 e. The zero-order valence-electron chi connectivity index (χ0n) is 8.73. The van der Waals surface area contributed by atoms with E-state index in [1.807, 2.05) is 43.5 Å². The van der Waals surface area contributed by atoms with Crippen LogP contribution in [0.2, 0.25) is 0 Å². The summed E-state index contributed by atoms with van der Waals surface area (Å²) in [6.07, 6.45) is 1.88. The fraction of sp³-hybridized carbons (Fsp3) is 0.250. The summed E-state index contributed by atoms with van der Waals surface area (Å²) in [6, 6.07) is 9.37. The minimum absolute atomic E-state index is 0.0749. The molecule has 0 bridgehead atoms. The van der Waals surface area contributed by atoms with E-state index in [0.717, 1.165) is 24.4 Å². The second-order valence-corrected chi connectivity index (χ2v) is 3.56. The first-order valence-electron chi connectivity index (χ1n) is 5.06. The molecular formula is C12H14N2O. The Hall–Kier alpha value is -1.77. The normalized spacial score (nSPS) is 15.5. The molecule has 15 heavy (non-hydrogen) atoms. The Labute approximate surface area is 89.4 Å². The molecule has 0 fully saturated rings. The lowest BCUT2D eigenvalue weighted by Crippen LogP contribution is -2.38. The predicted octanol–water partition coefficient (Wildman–Crippen LogP) is 1.59. The Morgan fingerprint density at radius 3 is 2.73 bits per heavy atom. The third-order valence-electron chi connectivity index (χ3n) is 2.48. The molecule has 1 aromatic rings.